The van der Waals surface area contributed by atoms with Gasteiger partial charge in [0.1, 0.15) is 0 Å². The molecule has 0 radical (unpaired) electrons. The van der Waals surface area contributed by atoms with Gasteiger partial charge < -0.3 is 13.5 Å². The topological polar surface area (TPSA) is 14.3 Å². The van der Waals surface area contributed by atoms with Gasteiger partial charge >= 0.3 is 0 Å². The smallest absolute Gasteiger partial charge is 0.0641 e. The molecule has 0 saturated heterocycles. The molecule has 0 aliphatic carbocycles. The van der Waals surface area contributed by atoms with Gasteiger partial charge in [0.15, 0.2) is 0 Å². The lowest BCUT2D eigenvalue weighted by atomic mass is 9.98. The van der Waals surface area contributed by atoms with Gasteiger partial charge in [0, 0.05) is 48.8 Å². The largest absolute Gasteiger partial charge is 0.309 e. The van der Waals surface area contributed by atoms with Crippen molar-refractivity contribution < 1.29 is 0 Å². The Kier molecular flexibility index (Phi) is 5.23. The molecule has 4 aromatic heterocycles. The second-order valence-corrected chi connectivity index (χ2v) is 13.7. The lowest BCUT2D eigenvalue weighted by Crippen LogP contribution is -1.95. The van der Waals surface area contributed by atoms with E-state index in [0.29, 0.717) is 0 Å². The average Bonchev–Trinajstić information content (AvgIpc) is 3.92. The Labute approximate surface area is 292 Å². The van der Waals surface area contributed by atoms with Crippen LogP contribution in [0.5, 0.6) is 0 Å². The van der Waals surface area contributed by atoms with Crippen molar-refractivity contribution in [2.75, 3.05) is 0 Å². The third kappa shape index (κ3) is 3.47. The Morgan fingerprint density at radius 3 is 1.65 bits per heavy atom. The van der Waals surface area contributed by atoms with Crippen LogP contribution < -0.4 is 0 Å². The van der Waals surface area contributed by atoms with Gasteiger partial charge in [0.05, 0.1) is 44.3 Å². The second-order valence-electron chi connectivity index (χ2n) is 13.7. The fourth-order valence-corrected chi connectivity index (χ4v) is 9.14. The Hall–Kier alpha value is -6.84. The number of hydrogen-bond acceptors (Lipinski definition) is 0. The predicted molar refractivity (Wildman–Crippen MR) is 215 cm³/mol. The third-order valence-electron chi connectivity index (χ3n) is 11.2. The molecule has 0 bridgehead atoms. The molecule has 51 heavy (non-hydrogen) atoms. The number of fused-ring (bicyclic) bond motifs is 12. The Morgan fingerprint density at radius 1 is 0.314 bits per heavy atom. The van der Waals surface area contributed by atoms with Gasteiger partial charge in [-0.1, -0.05) is 115 Å². The van der Waals surface area contributed by atoms with Crippen molar-refractivity contribution in [2.45, 2.75) is 0 Å². The van der Waals surface area contributed by atoms with Gasteiger partial charge in [-0.2, -0.15) is 0 Å². The highest BCUT2D eigenvalue weighted by atomic mass is 15.0. The molecule has 12 rings (SSSR count). The summed E-state index contributed by atoms with van der Waals surface area (Å²) in [6, 6.07) is 64.6. The molecule has 8 aromatic carbocycles. The van der Waals surface area contributed by atoms with Crippen LogP contribution in [0, 0.1) is 0 Å². The predicted octanol–water partition coefficient (Wildman–Crippen LogP) is 12.7. The normalized spacial score (nSPS) is 12.3. The quantitative estimate of drug-likeness (QED) is 0.181. The zero-order valence-electron chi connectivity index (χ0n) is 27.6. The maximum Gasteiger partial charge on any atom is 0.0641 e. The van der Waals surface area contributed by atoms with E-state index in [0.717, 1.165) is 0 Å². The summed E-state index contributed by atoms with van der Waals surface area (Å²) in [5, 5.41) is 10.2. The van der Waals surface area contributed by atoms with Gasteiger partial charge in [-0.15, -0.1) is 0 Å². The summed E-state index contributed by atoms with van der Waals surface area (Å²) in [7, 11) is 0. The maximum atomic E-state index is 2.51. The fraction of sp³-hybridized carbons (Fsp3) is 0. The van der Waals surface area contributed by atoms with E-state index >= 15 is 0 Å². The van der Waals surface area contributed by atoms with Crippen molar-refractivity contribution in [3.8, 4) is 22.5 Å². The molecule has 0 fully saturated rings. The minimum absolute atomic E-state index is 1.17. The summed E-state index contributed by atoms with van der Waals surface area (Å²) < 4.78 is 7.36. The van der Waals surface area contributed by atoms with Gasteiger partial charge in [-0.25, -0.2) is 0 Å². The lowest BCUT2D eigenvalue weighted by molar-refractivity contribution is 1.18. The number of para-hydroxylation sites is 5. The molecule has 0 aliphatic rings. The van der Waals surface area contributed by atoms with Crippen molar-refractivity contribution in [2.24, 2.45) is 0 Å². The molecule has 0 unspecified atom stereocenters. The van der Waals surface area contributed by atoms with Crippen LogP contribution in [0.1, 0.15) is 0 Å². The molecule has 4 heterocycles. The summed E-state index contributed by atoms with van der Waals surface area (Å²) in [4.78, 5) is 0. The average molecular weight is 648 g/mol. The van der Waals surface area contributed by atoms with E-state index in [2.05, 4.69) is 189 Å². The molecule has 236 valence electrons. The number of nitrogens with zero attached hydrogens (tertiary/aromatic N) is 3. The van der Waals surface area contributed by atoms with Crippen LogP contribution in [0.25, 0.3) is 104 Å². The first-order valence-corrected chi connectivity index (χ1v) is 17.6. The minimum Gasteiger partial charge on any atom is -0.309 e. The van der Waals surface area contributed by atoms with Gasteiger partial charge in [0.25, 0.3) is 0 Å². The number of rotatable bonds is 3. The summed E-state index contributed by atoms with van der Waals surface area (Å²) >= 11 is 0. The van der Waals surface area contributed by atoms with E-state index in [-0.39, 0.29) is 0 Å². The zero-order valence-corrected chi connectivity index (χ0v) is 27.6. The van der Waals surface area contributed by atoms with Crippen LogP contribution in [0.15, 0.2) is 176 Å². The summed E-state index contributed by atoms with van der Waals surface area (Å²) in [6.07, 6.45) is 0. The first-order chi connectivity index (χ1) is 25.3. The molecule has 0 atom stereocenters. The first-order valence-electron chi connectivity index (χ1n) is 17.6. The van der Waals surface area contributed by atoms with Crippen LogP contribution in [0.4, 0.5) is 0 Å². The van der Waals surface area contributed by atoms with Gasteiger partial charge in [-0.05, 0) is 71.8 Å². The summed E-state index contributed by atoms with van der Waals surface area (Å²) in [5.41, 5.74) is 13.5. The molecule has 12 aromatic rings. The van der Waals surface area contributed by atoms with E-state index in [1.165, 1.54) is 104 Å². The van der Waals surface area contributed by atoms with E-state index < -0.39 is 0 Å². The van der Waals surface area contributed by atoms with Crippen LogP contribution in [-0.4, -0.2) is 13.5 Å². The van der Waals surface area contributed by atoms with E-state index in [1.807, 2.05) is 0 Å². The Morgan fingerprint density at radius 2 is 0.882 bits per heavy atom. The number of hydrogen-bond donors (Lipinski definition) is 0. The molecule has 3 heteroatoms. The summed E-state index contributed by atoms with van der Waals surface area (Å²) in [5.74, 6) is 0. The van der Waals surface area contributed by atoms with E-state index in [4.69, 9.17) is 0 Å². The van der Waals surface area contributed by atoms with Gasteiger partial charge in [0.2, 0.25) is 0 Å². The van der Waals surface area contributed by atoms with Crippen LogP contribution in [0.3, 0.4) is 0 Å². The SMILES string of the molecule is c1ccc(-n2c3ccccc3c3cc(-c4cccc5c4c4ccccc4n5-c4ccc5c6ccccc6n6c7ccccc7c4c56)ccc32)cc1. The molecule has 0 spiro atoms. The first kappa shape index (κ1) is 27.0. The van der Waals surface area contributed by atoms with Crippen molar-refractivity contribution in [1.82, 2.24) is 13.5 Å². The van der Waals surface area contributed by atoms with Gasteiger partial charge in [-0.3, -0.25) is 0 Å². The molecule has 0 amide bonds. The molecule has 0 N–H and O–H groups in total. The number of aromatic nitrogens is 3. The zero-order chi connectivity index (χ0) is 33.2. The monoisotopic (exact) mass is 647 g/mol. The van der Waals surface area contributed by atoms with E-state index in [1.54, 1.807) is 0 Å². The van der Waals surface area contributed by atoms with Crippen molar-refractivity contribution in [3.05, 3.63) is 176 Å². The van der Waals surface area contributed by atoms with Crippen LogP contribution >= 0.6 is 0 Å². The molecule has 0 saturated carbocycles. The standard InChI is InChI=1S/C48H29N3/c1-2-13-31(14-3-1)49-39-20-8-5-16-34(39)38-29-30(25-27-43(38)49)32-19-12-24-44-46(32)36-17-6-10-22-41(36)50(44)45-28-26-35-33-15-4-9-21-40(33)51-42-23-11-7-18-37(42)47(45)48(35)51/h1-29H. The second kappa shape index (κ2) is 9.87. The maximum absolute atomic E-state index is 2.51. The molecule has 0 aliphatic heterocycles. The molecule has 3 nitrogen and oxygen atoms in total. The minimum atomic E-state index is 1.17. The Bertz CT molecular complexity index is 3360. The van der Waals surface area contributed by atoms with E-state index in [9.17, 15) is 0 Å². The van der Waals surface area contributed by atoms with Crippen molar-refractivity contribution in [1.29, 1.82) is 0 Å². The highest BCUT2D eigenvalue weighted by Gasteiger charge is 2.23. The third-order valence-corrected chi connectivity index (χ3v) is 11.2. The van der Waals surface area contributed by atoms with Crippen LogP contribution in [0.2, 0.25) is 0 Å². The van der Waals surface area contributed by atoms with Crippen molar-refractivity contribution >= 4 is 81.7 Å². The number of benzene rings is 8. The lowest BCUT2D eigenvalue weighted by Gasteiger charge is -2.12. The molecular formula is C48H29N3. The Balaban J connectivity index is 1.17. The highest BCUT2D eigenvalue weighted by Crippen LogP contribution is 2.45. The summed E-state index contributed by atoms with van der Waals surface area (Å²) in [6.45, 7) is 0. The van der Waals surface area contributed by atoms with Crippen molar-refractivity contribution in [3.63, 3.8) is 0 Å². The highest BCUT2D eigenvalue weighted by molar-refractivity contribution is 6.27. The molecular weight excluding hydrogens is 619 g/mol. The van der Waals surface area contributed by atoms with Crippen LogP contribution in [-0.2, 0) is 0 Å². The fourth-order valence-electron chi connectivity index (χ4n) is 9.14.